The Morgan fingerprint density at radius 2 is 1.75 bits per heavy atom. The highest BCUT2D eigenvalue weighted by Crippen LogP contribution is 2.65. The van der Waals surface area contributed by atoms with Crippen molar-refractivity contribution in [3.63, 3.8) is 0 Å². The molecule has 1 aliphatic carbocycles. The van der Waals surface area contributed by atoms with Gasteiger partial charge in [0.2, 0.25) is 0 Å². The van der Waals surface area contributed by atoms with Crippen molar-refractivity contribution in [1.82, 2.24) is 0 Å². The zero-order valence-electron chi connectivity index (χ0n) is 14.6. The highest BCUT2D eigenvalue weighted by Gasteiger charge is 2.68. The minimum absolute atomic E-state index is 0.0499. The average molecular weight is 438 g/mol. The van der Waals surface area contributed by atoms with Gasteiger partial charge in [0.1, 0.15) is 10.2 Å². The zero-order valence-corrected chi connectivity index (χ0v) is 16.1. The summed E-state index contributed by atoms with van der Waals surface area (Å²) in [6.45, 7) is 1.98. The lowest BCUT2D eigenvalue weighted by Crippen LogP contribution is -2.09. The van der Waals surface area contributed by atoms with Gasteiger partial charge >= 0.3 is 12.1 Å². The van der Waals surface area contributed by atoms with Crippen molar-refractivity contribution in [1.29, 1.82) is 0 Å². The molecule has 2 aromatic rings. The molecule has 1 saturated carbocycles. The second-order valence-electron chi connectivity index (χ2n) is 6.40. The number of hydrogen-bond donors (Lipinski definition) is 2. The molecule has 1 aliphatic rings. The number of halogens is 6. The number of carboxylic acids is 1. The third-order valence-electron chi connectivity index (χ3n) is 4.30. The van der Waals surface area contributed by atoms with Crippen LogP contribution >= 0.6 is 23.2 Å². The molecule has 152 valence electrons. The lowest BCUT2D eigenvalue weighted by molar-refractivity contribution is -0.140. The van der Waals surface area contributed by atoms with Crippen molar-refractivity contribution in [2.24, 2.45) is 11.7 Å². The number of carbonyl (C=O) groups is 1. The van der Waals surface area contributed by atoms with Crippen molar-refractivity contribution < 1.29 is 27.5 Å². The Kier molecular flexibility index (Phi) is 6.63. The minimum atomic E-state index is -4.87. The Balaban J connectivity index is 0.000000261. The molecule has 9 heteroatoms. The summed E-state index contributed by atoms with van der Waals surface area (Å²) in [5.74, 6) is -4.94. The zero-order chi connectivity index (χ0) is 21.3. The number of nitrogens with two attached hydrogens (primary N) is 1. The third kappa shape index (κ3) is 4.96. The van der Waals surface area contributed by atoms with Gasteiger partial charge in [-0.3, -0.25) is 4.79 Å². The van der Waals surface area contributed by atoms with E-state index < -0.39 is 39.7 Å². The molecule has 0 bridgehead atoms. The number of aliphatic carboxylic acids is 1. The van der Waals surface area contributed by atoms with E-state index in [2.05, 4.69) is 0 Å². The Morgan fingerprint density at radius 3 is 2.14 bits per heavy atom. The topological polar surface area (TPSA) is 63.3 Å². The molecule has 0 aromatic heterocycles. The summed E-state index contributed by atoms with van der Waals surface area (Å²) in [5, 5.41) is 8.84. The number of benzene rings is 2. The molecule has 0 spiro atoms. The first-order valence-corrected chi connectivity index (χ1v) is 8.90. The molecule has 3 N–H and O–H groups in total. The van der Waals surface area contributed by atoms with Crippen LogP contribution in [0.25, 0.3) is 0 Å². The maximum absolute atomic E-state index is 13.1. The van der Waals surface area contributed by atoms with E-state index in [0.29, 0.717) is 12.1 Å². The Bertz CT molecular complexity index is 842. The molecule has 0 saturated heterocycles. The maximum Gasteiger partial charge on any atom is 0.419 e. The van der Waals surface area contributed by atoms with Crippen LogP contribution < -0.4 is 5.73 Å². The molecule has 0 heterocycles. The minimum Gasteiger partial charge on any atom is -0.481 e. The summed E-state index contributed by atoms with van der Waals surface area (Å²) in [6, 6.07) is 12.4. The van der Waals surface area contributed by atoms with Crippen LogP contribution in [0, 0.1) is 11.7 Å². The molecule has 0 amide bonds. The van der Waals surface area contributed by atoms with Crippen molar-refractivity contribution in [3.8, 4) is 0 Å². The molecule has 3 atom stereocenters. The van der Waals surface area contributed by atoms with E-state index in [1.54, 1.807) is 0 Å². The average Bonchev–Trinajstić information content (AvgIpc) is 3.18. The third-order valence-corrected chi connectivity index (χ3v) is 5.24. The van der Waals surface area contributed by atoms with Crippen molar-refractivity contribution in [3.05, 3.63) is 71.0 Å². The fraction of sp³-hybridized carbons (Fsp3) is 0.316. The molecule has 0 unspecified atom stereocenters. The Labute approximate surface area is 169 Å². The lowest BCUT2D eigenvalue weighted by Gasteiger charge is -2.10. The second-order valence-corrected chi connectivity index (χ2v) is 7.85. The smallest absolute Gasteiger partial charge is 0.419 e. The van der Waals surface area contributed by atoms with Gasteiger partial charge in [0.15, 0.2) is 0 Å². The molecular weight excluding hydrogens is 421 g/mol. The normalized spacial score (nSPS) is 21.3. The molecule has 0 aliphatic heterocycles. The van der Waals surface area contributed by atoms with Gasteiger partial charge in [0.25, 0.3) is 0 Å². The summed E-state index contributed by atoms with van der Waals surface area (Å²) >= 11 is 11.4. The standard InChI is InChI=1S/C11H6Cl2F4O2.C8H11N/c12-10(13)7(8(10)9(18)19)4-1-2-6(14)5(3-4)11(15,16)17;1-7(9)8-5-3-2-4-6-8/h1-3,7-8H,(H,18,19);2-7H,9H2,1H3/t7-,8+;7-/m00/s1. The second kappa shape index (κ2) is 8.27. The number of alkyl halides is 5. The van der Waals surface area contributed by atoms with E-state index in [1.165, 1.54) is 5.56 Å². The van der Waals surface area contributed by atoms with Gasteiger partial charge < -0.3 is 10.8 Å². The summed E-state index contributed by atoms with van der Waals surface area (Å²) in [5.41, 5.74) is 5.29. The maximum atomic E-state index is 13.1. The van der Waals surface area contributed by atoms with Crippen LogP contribution in [0.1, 0.15) is 35.6 Å². The fourth-order valence-electron chi connectivity index (χ4n) is 2.76. The van der Waals surface area contributed by atoms with E-state index in [0.717, 1.165) is 6.07 Å². The van der Waals surface area contributed by atoms with Crippen LogP contribution in [-0.2, 0) is 11.0 Å². The summed E-state index contributed by atoms with van der Waals surface area (Å²) in [4.78, 5) is 10.8. The van der Waals surface area contributed by atoms with E-state index >= 15 is 0 Å². The Morgan fingerprint density at radius 1 is 1.18 bits per heavy atom. The first-order valence-electron chi connectivity index (χ1n) is 8.15. The molecule has 3 nitrogen and oxygen atoms in total. The van der Waals surface area contributed by atoms with Gasteiger partial charge in [-0.05, 0) is 30.2 Å². The van der Waals surface area contributed by atoms with E-state index in [9.17, 15) is 22.4 Å². The first kappa shape index (κ1) is 22.5. The summed E-state index contributed by atoms with van der Waals surface area (Å²) < 4.78 is 49.0. The van der Waals surface area contributed by atoms with Gasteiger partial charge in [-0.1, -0.05) is 59.6 Å². The molecule has 1 fully saturated rings. The highest BCUT2D eigenvalue weighted by molar-refractivity contribution is 6.53. The van der Waals surface area contributed by atoms with Gasteiger partial charge in [0.05, 0.1) is 11.5 Å². The van der Waals surface area contributed by atoms with Gasteiger partial charge in [-0.15, -0.1) is 0 Å². The SMILES string of the molecule is C[C@H](N)c1ccccc1.O=C(O)[C@H]1[C@H](c2ccc(F)c(C(F)(F)F)c2)C1(Cl)Cl. The van der Waals surface area contributed by atoms with Crippen molar-refractivity contribution in [2.75, 3.05) is 0 Å². The number of carboxylic acid groups (broad SMARTS) is 1. The van der Waals surface area contributed by atoms with E-state index in [-0.39, 0.29) is 11.6 Å². The van der Waals surface area contributed by atoms with Gasteiger partial charge in [-0.2, -0.15) is 13.2 Å². The van der Waals surface area contributed by atoms with E-state index in [4.69, 9.17) is 34.0 Å². The molecule has 3 rings (SSSR count). The predicted octanol–water partition coefficient (Wildman–Crippen LogP) is 5.52. The van der Waals surface area contributed by atoms with Crippen molar-refractivity contribution >= 4 is 29.2 Å². The Hall–Kier alpha value is -1.83. The molecule has 28 heavy (non-hydrogen) atoms. The van der Waals surface area contributed by atoms with Crippen LogP contribution in [0.4, 0.5) is 17.6 Å². The predicted molar refractivity (Wildman–Crippen MR) is 98.8 cm³/mol. The van der Waals surface area contributed by atoms with Crippen LogP contribution in [0.2, 0.25) is 0 Å². The highest BCUT2D eigenvalue weighted by atomic mass is 35.5. The molecule has 2 aromatic carbocycles. The van der Waals surface area contributed by atoms with Gasteiger partial charge in [0, 0.05) is 12.0 Å². The lowest BCUT2D eigenvalue weighted by atomic mass is 10.0. The number of rotatable bonds is 3. The van der Waals surface area contributed by atoms with Crippen LogP contribution in [0.15, 0.2) is 48.5 Å². The number of hydrogen-bond acceptors (Lipinski definition) is 2. The summed E-state index contributed by atoms with van der Waals surface area (Å²) in [6.07, 6.45) is -4.87. The fourth-order valence-corrected chi connectivity index (χ4v) is 3.58. The van der Waals surface area contributed by atoms with Crippen LogP contribution in [0.5, 0.6) is 0 Å². The molecule has 0 radical (unpaired) electrons. The molecular formula is C19H17Cl2F4NO2. The van der Waals surface area contributed by atoms with Crippen molar-refractivity contribution in [2.45, 2.75) is 29.4 Å². The monoisotopic (exact) mass is 437 g/mol. The quantitative estimate of drug-likeness (QED) is 0.490. The van der Waals surface area contributed by atoms with Crippen LogP contribution in [-0.4, -0.2) is 15.4 Å². The largest absolute Gasteiger partial charge is 0.481 e. The first-order chi connectivity index (χ1) is 12.9. The van der Waals surface area contributed by atoms with Gasteiger partial charge in [-0.25, -0.2) is 4.39 Å². The van der Waals surface area contributed by atoms with E-state index in [1.807, 2.05) is 37.3 Å². The summed E-state index contributed by atoms with van der Waals surface area (Å²) in [7, 11) is 0. The van der Waals surface area contributed by atoms with Crippen LogP contribution in [0.3, 0.4) is 0 Å².